The van der Waals surface area contributed by atoms with Gasteiger partial charge < -0.3 is 4.57 Å². The number of halogens is 3. The van der Waals surface area contributed by atoms with Gasteiger partial charge >= 0.3 is 6.18 Å². The monoisotopic (exact) mass is 315 g/mol. The topological polar surface area (TPSA) is 4.93 Å². The van der Waals surface area contributed by atoms with Gasteiger partial charge in [0.2, 0.25) is 0 Å². The number of benzene rings is 2. The van der Waals surface area contributed by atoms with Crippen LogP contribution in [-0.4, -0.2) is 4.57 Å². The molecule has 1 heterocycles. The maximum Gasteiger partial charge on any atom is 0.416 e. The lowest BCUT2D eigenvalue weighted by atomic mass is 10.0. The SMILES string of the molecule is CCn1cccc1-c1ccc(-c2ccc(C(F)(F)F)cc2)cc1. The van der Waals surface area contributed by atoms with Crippen LogP contribution in [-0.2, 0) is 12.7 Å². The van der Waals surface area contributed by atoms with Gasteiger partial charge in [0, 0.05) is 18.4 Å². The lowest BCUT2D eigenvalue weighted by Crippen LogP contribution is -2.03. The second-order valence-corrected chi connectivity index (χ2v) is 5.33. The minimum Gasteiger partial charge on any atom is -0.348 e. The number of hydrogen-bond acceptors (Lipinski definition) is 0. The van der Waals surface area contributed by atoms with E-state index in [9.17, 15) is 13.2 Å². The first-order chi connectivity index (χ1) is 11.0. The van der Waals surface area contributed by atoms with Crippen LogP contribution in [0, 0.1) is 0 Å². The van der Waals surface area contributed by atoms with Gasteiger partial charge in [-0.15, -0.1) is 0 Å². The van der Waals surface area contributed by atoms with Crippen LogP contribution < -0.4 is 0 Å². The van der Waals surface area contributed by atoms with Crippen LogP contribution in [0.4, 0.5) is 13.2 Å². The van der Waals surface area contributed by atoms with Crippen LogP contribution in [0.25, 0.3) is 22.4 Å². The van der Waals surface area contributed by atoms with Crippen LogP contribution in [0.15, 0.2) is 66.9 Å². The summed E-state index contributed by atoms with van der Waals surface area (Å²) in [7, 11) is 0. The van der Waals surface area contributed by atoms with Gasteiger partial charge in [-0.1, -0.05) is 36.4 Å². The van der Waals surface area contributed by atoms with E-state index >= 15 is 0 Å². The summed E-state index contributed by atoms with van der Waals surface area (Å²) >= 11 is 0. The molecule has 0 N–H and O–H groups in total. The fourth-order valence-electron chi connectivity index (χ4n) is 2.64. The highest BCUT2D eigenvalue weighted by atomic mass is 19.4. The summed E-state index contributed by atoms with van der Waals surface area (Å²) in [6.45, 7) is 2.98. The third kappa shape index (κ3) is 3.16. The zero-order valence-electron chi connectivity index (χ0n) is 12.6. The number of aromatic nitrogens is 1. The van der Waals surface area contributed by atoms with Gasteiger partial charge in [-0.2, -0.15) is 13.2 Å². The van der Waals surface area contributed by atoms with Crippen molar-refractivity contribution in [3.05, 3.63) is 72.4 Å². The van der Waals surface area contributed by atoms with Crippen LogP contribution in [0.5, 0.6) is 0 Å². The van der Waals surface area contributed by atoms with Crippen LogP contribution in [0.3, 0.4) is 0 Å². The molecule has 0 saturated carbocycles. The van der Waals surface area contributed by atoms with E-state index in [2.05, 4.69) is 17.6 Å². The number of nitrogens with zero attached hydrogens (tertiary/aromatic N) is 1. The van der Waals surface area contributed by atoms with Crippen LogP contribution >= 0.6 is 0 Å². The van der Waals surface area contributed by atoms with Crippen LogP contribution in [0.1, 0.15) is 12.5 Å². The van der Waals surface area contributed by atoms with E-state index in [1.807, 2.05) is 36.5 Å². The highest BCUT2D eigenvalue weighted by Gasteiger charge is 2.29. The molecule has 3 rings (SSSR count). The Morgan fingerprint density at radius 3 is 1.83 bits per heavy atom. The van der Waals surface area contributed by atoms with Crippen molar-refractivity contribution < 1.29 is 13.2 Å². The van der Waals surface area contributed by atoms with E-state index in [0.717, 1.165) is 41.1 Å². The Labute approximate surface area is 133 Å². The zero-order valence-corrected chi connectivity index (χ0v) is 12.6. The quantitative estimate of drug-likeness (QED) is 0.570. The average molecular weight is 315 g/mol. The lowest BCUT2D eigenvalue weighted by Gasteiger charge is -2.09. The summed E-state index contributed by atoms with van der Waals surface area (Å²) in [5.41, 5.74) is 3.27. The number of aryl methyl sites for hydroxylation is 1. The molecule has 0 spiro atoms. The Morgan fingerprint density at radius 2 is 1.30 bits per heavy atom. The molecule has 0 atom stereocenters. The smallest absolute Gasteiger partial charge is 0.348 e. The average Bonchev–Trinajstić information content (AvgIpc) is 3.03. The molecule has 3 aromatic rings. The Bertz CT molecular complexity index is 781. The molecule has 1 nitrogen and oxygen atoms in total. The second kappa shape index (κ2) is 5.95. The minimum absolute atomic E-state index is 0.626. The summed E-state index contributed by atoms with van der Waals surface area (Å²) in [4.78, 5) is 0. The second-order valence-electron chi connectivity index (χ2n) is 5.33. The highest BCUT2D eigenvalue weighted by Crippen LogP contribution is 2.31. The van der Waals surface area contributed by atoms with Crippen molar-refractivity contribution in [2.45, 2.75) is 19.6 Å². The molecule has 2 aromatic carbocycles. The van der Waals surface area contributed by atoms with Gasteiger partial charge in [-0.25, -0.2) is 0 Å². The normalized spacial score (nSPS) is 11.7. The third-order valence-corrected chi connectivity index (χ3v) is 3.90. The molecular formula is C19H16F3N. The molecule has 0 amide bonds. The van der Waals surface area contributed by atoms with E-state index in [1.54, 1.807) is 0 Å². The van der Waals surface area contributed by atoms with Crippen molar-refractivity contribution in [2.75, 3.05) is 0 Å². The minimum atomic E-state index is -4.30. The summed E-state index contributed by atoms with van der Waals surface area (Å²) in [6.07, 6.45) is -2.27. The number of rotatable bonds is 3. The molecule has 0 aliphatic heterocycles. The Balaban J connectivity index is 1.88. The highest BCUT2D eigenvalue weighted by molar-refractivity contribution is 5.69. The van der Waals surface area contributed by atoms with E-state index in [1.165, 1.54) is 12.1 Å². The standard InChI is InChI=1S/C19H16F3N/c1-2-23-13-3-4-18(23)16-7-5-14(6-8-16)15-9-11-17(12-10-15)19(20,21)22/h3-13H,2H2,1H3. The molecule has 0 bridgehead atoms. The molecular weight excluding hydrogens is 299 g/mol. The number of alkyl halides is 3. The van der Waals surface area contributed by atoms with E-state index < -0.39 is 11.7 Å². The maximum atomic E-state index is 12.6. The molecule has 0 saturated heterocycles. The molecule has 4 heteroatoms. The maximum absolute atomic E-state index is 12.6. The van der Waals surface area contributed by atoms with Crippen molar-refractivity contribution in [3.8, 4) is 22.4 Å². The molecule has 0 radical (unpaired) electrons. The molecule has 23 heavy (non-hydrogen) atoms. The van der Waals surface area contributed by atoms with Crippen molar-refractivity contribution in [2.24, 2.45) is 0 Å². The molecule has 0 unspecified atom stereocenters. The molecule has 118 valence electrons. The van der Waals surface area contributed by atoms with Crippen molar-refractivity contribution in [1.29, 1.82) is 0 Å². The molecule has 0 fully saturated rings. The van der Waals surface area contributed by atoms with Gasteiger partial charge in [0.15, 0.2) is 0 Å². The summed E-state index contributed by atoms with van der Waals surface area (Å²) in [5, 5.41) is 0. The summed E-state index contributed by atoms with van der Waals surface area (Å²) in [6, 6.07) is 17.2. The van der Waals surface area contributed by atoms with Gasteiger partial charge in [0.1, 0.15) is 0 Å². The summed E-state index contributed by atoms with van der Waals surface area (Å²) in [5.74, 6) is 0. The Morgan fingerprint density at radius 1 is 0.783 bits per heavy atom. The predicted molar refractivity (Wildman–Crippen MR) is 86.0 cm³/mol. The van der Waals surface area contributed by atoms with E-state index in [-0.39, 0.29) is 0 Å². The molecule has 0 aliphatic carbocycles. The van der Waals surface area contributed by atoms with E-state index in [0.29, 0.717) is 0 Å². The van der Waals surface area contributed by atoms with E-state index in [4.69, 9.17) is 0 Å². The first-order valence-electron chi connectivity index (χ1n) is 7.42. The Hall–Kier alpha value is -2.49. The zero-order chi connectivity index (χ0) is 16.4. The van der Waals surface area contributed by atoms with Gasteiger partial charge in [0.25, 0.3) is 0 Å². The lowest BCUT2D eigenvalue weighted by molar-refractivity contribution is -0.137. The molecule has 1 aromatic heterocycles. The largest absolute Gasteiger partial charge is 0.416 e. The first-order valence-corrected chi connectivity index (χ1v) is 7.42. The number of hydrogen-bond donors (Lipinski definition) is 0. The first kappa shape index (κ1) is 15.4. The Kier molecular flexibility index (Phi) is 3.99. The molecule has 0 aliphatic rings. The van der Waals surface area contributed by atoms with Crippen LogP contribution in [0.2, 0.25) is 0 Å². The van der Waals surface area contributed by atoms with Gasteiger partial charge in [-0.05, 0) is 47.9 Å². The predicted octanol–water partition coefficient (Wildman–Crippen LogP) is 5.86. The fourth-order valence-corrected chi connectivity index (χ4v) is 2.64. The fraction of sp³-hybridized carbons (Fsp3) is 0.158. The third-order valence-electron chi connectivity index (χ3n) is 3.90. The van der Waals surface area contributed by atoms with Gasteiger partial charge in [0.05, 0.1) is 5.56 Å². The van der Waals surface area contributed by atoms with Crippen molar-refractivity contribution in [3.63, 3.8) is 0 Å². The van der Waals surface area contributed by atoms with Crippen molar-refractivity contribution >= 4 is 0 Å². The summed E-state index contributed by atoms with van der Waals surface area (Å²) < 4.78 is 39.9. The van der Waals surface area contributed by atoms with Gasteiger partial charge in [-0.3, -0.25) is 0 Å². The van der Waals surface area contributed by atoms with Crippen molar-refractivity contribution in [1.82, 2.24) is 4.57 Å².